The van der Waals surface area contributed by atoms with Crippen LogP contribution in [0.5, 0.6) is 11.5 Å². The highest BCUT2D eigenvalue weighted by atomic mass is 16.5. The molecule has 2 aromatic rings. The normalized spacial score (nSPS) is 24.1. The van der Waals surface area contributed by atoms with Gasteiger partial charge in [-0.2, -0.15) is 0 Å². The van der Waals surface area contributed by atoms with Gasteiger partial charge in [0, 0.05) is 30.6 Å². The van der Waals surface area contributed by atoms with E-state index in [-0.39, 0.29) is 18.6 Å². The second-order valence-corrected chi connectivity index (χ2v) is 9.90. The minimum Gasteiger partial charge on any atom is -0.493 e. The molecule has 1 aromatic carbocycles. The highest BCUT2D eigenvalue weighted by Crippen LogP contribution is 2.47. The van der Waals surface area contributed by atoms with Gasteiger partial charge in [0.25, 0.3) is 5.91 Å². The maximum atomic E-state index is 12.6. The van der Waals surface area contributed by atoms with Gasteiger partial charge in [-0.3, -0.25) is 4.79 Å². The summed E-state index contributed by atoms with van der Waals surface area (Å²) in [6, 6.07) is 9.74. The Balaban J connectivity index is 1.52. The number of pyridine rings is 1. The van der Waals surface area contributed by atoms with Crippen LogP contribution in [0.25, 0.3) is 0 Å². The fraction of sp³-hybridized carbons (Fsp3) is 0.538. The van der Waals surface area contributed by atoms with Crippen LogP contribution in [-0.2, 0) is 4.79 Å². The van der Waals surface area contributed by atoms with E-state index >= 15 is 0 Å². The van der Waals surface area contributed by atoms with Crippen LogP contribution in [0.2, 0.25) is 0 Å². The quantitative estimate of drug-likeness (QED) is 0.513. The van der Waals surface area contributed by atoms with E-state index < -0.39 is 30.1 Å². The topological polar surface area (TPSA) is 116 Å². The number of benzene rings is 1. The predicted molar refractivity (Wildman–Crippen MR) is 131 cm³/mol. The van der Waals surface area contributed by atoms with Gasteiger partial charge in [0.2, 0.25) is 0 Å². The molecule has 1 aromatic heterocycles. The van der Waals surface area contributed by atoms with E-state index in [1.807, 2.05) is 50.4 Å². The summed E-state index contributed by atoms with van der Waals surface area (Å²) in [4.78, 5) is 20.7. The Labute approximate surface area is 205 Å². The Kier molecular flexibility index (Phi) is 7.21. The van der Waals surface area contributed by atoms with Gasteiger partial charge >= 0.3 is 0 Å². The Hall–Kier alpha value is -2.88. The highest BCUT2D eigenvalue weighted by Gasteiger charge is 2.49. The predicted octanol–water partition coefficient (Wildman–Crippen LogP) is 1.33. The number of methoxy groups -OCH3 is 1. The number of aliphatic hydroxyl groups is 3. The molecule has 3 N–H and O–H groups in total. The average molecular weight is 486 g/mol. The smallest absolute Gasteiger partial charge is 0.253 e. The highest BCUT2D eigenvalue weighted by molar-refractivity contribution is 5.81. The first-order valence-corrected chi connectivity index (χ1v) is 11.9. The Bertz CT molecular complexity index is 1040. The van der Waals surface area contributed by atoms with Gasteiger partial charge in [-0.1, -0.05) is 19.1 Å². The van der Waals surface area contributed by atoms with E-state index in [4.69, 9.17) is 9.47 Å². The molecule has 1 amide bonds. The second kappa shape index (κ2) is 10.0. The summed E-state index contributed by atoms with van der Waals surface area (Å²) >= 11 is 0. The van der Waals surface area contributed by atoms with E-state index in [9.17, 15) is 20.1 Å². The number of nitrogens with zero attached hydrogens (tertiary/aromatic N) is 3. The number of aryl methyl sites for hydroxylation is 1. The number of aliphatic hydroxyl groups excluding tert-OH is 3. The van der Waals surface area contributed by atoms with Crippen molar-refractivity contribution in [3.63, 3.8) is 0 Å². The van der Waals surface area contributed by atoms with Gasteiger partial charge in [0.1, 0.15) is 11.9 Å². The molecule has 2 aliphatic heterocycles. The third kappa shape index (κ3) is 4.94. The molecule has 4 atom stereocenters. The fourth-order valence-electron chi connectivity index (χ4n) is 4.91. The molecule has 2 fully saturated rings. The molecule has 2 saturated heterocycles. The molecule has 9 nitrogen and oxygen atoms in total. The fourth-order valence-corrected chi connectivity index (χ4v) is 4.91. The Morgan fingerprint density at radius 1 is 1.20 bits per heavy atom. The van der Waals surface area contributed by atoms with Crippen molar-refractivity contribution in [1.29, 1.82) is 0 Å². The van der Waals surface area contributed by atoms with Crippen LogP contribution in [0.4, 0.5) is 5.82 Å². The average Bonchev–Trinajstić information content (AvgIpc) is 3.19. The van der Waals surface area contributed by atoms with Crippen molar-refractivity contribution >= 4 is 11.7 Å². The van der Waals surface area contributed by atoms with Crippen LogP contribution in [0, 0.1) is 12.3 Å². The van der Waals surface area contributed by atoms with Crippen molar-refractivity contribution in [3.05, 3.63) is 47.7 Å². The van der Waals surface area contributed by atoms with E-state index in [1.165, 1.54) is 4.90 Å². The largest absolute Gasteiger partial charge is 0.493 e. The molecule has 0 bridgehead atoms. The number of carbonyl (C=O) groups excluding carboxylic acids is 1. The van der Waals surface area contributed by atoms with Gasteiger partial charge in [-0.15, -0.1) is 0 Å². The summed E-state index contributed by atoms with van der Waals surface area (Å²) in [6.45, 7) is 7.03. The minimum atomic E-state index is -1.47. The molecule has 0 aliphatic carbocycles. The van der Waals surface area contributed by atoms with E-state index in [2.05, 4.69) is 9.88 Å². The number of hydrogen-bond donors (Lipinski definition) is 3. The van der Waals surface area contributed by atoms with Crippen LogP contribution >= 0.6 is 0 Å². The molecule has 0 spiro atoms. The number of anilines is 1. The number of ether oxygens (including phenoxy) is 2. The summed E-state index contributed by atoms with van der Waals surface area (Å²) < 4.78 is 11.8. The summed E-state index contributed by atoms with van der Waals surface area (Å²) in [5, 5.41) is 29.7. The van der Waals surface area contributed by atoms with Crippen molar-refractivity contribution in [2.24, 2.45) is 5.41 Å². The van der Waals surface area contributed by atoms with Gasteiger partial charge in [0.15, 0.2) is 17.6 Å². The van der Waals surface area contributed by atoms with Crippen molar-refractivity contribution in [2.75, 3.05) is 44.8 Å². The lowest BCUT2D eigenvalue weighted by atomic mass is 9.72. The minimum absolute atomic E-state index is 0.0215. The van der Waals surface area contributed by atoms with Crippen LogP contribution in [0.3, 0.4) is 0 Å². The van der Waals surface area contributed by atoms with Crippen molar-refractivity contribution < 1.29 is 29.6 Å². The van der Waals surface area contributed by atoms with Crippen molar-refractivity contribution in [3.8, 4) is 11.5 Å². The molecule has 1 unspecified atom stereocenters. The van der Waals surface area contributed by atoms with Crippen molar-refractivity contribution in [2.45, 2.75) is 45.0 Å². The zero-order chi connectivity index (χ0) is 25.3. The zero-order valence-corrected chi connectivity index (χ0v) is 20.7. The lowest BCUT2D eigenvalue weighted by Gasteiger charge is -2.40. The monoisotopic (exact) mass is 485 g/mol. The molecule has 9 heteroatoms. The van der Waals surface area contributed by atoms with Gasteiger partial charge in [-0.05, 0) is 43.2 Å². The zero-order valence-electron chi connectivity index (χ0n) is 20.7. The van der Waals surface area contributed by atoms with Crippen LogP contribution < -0.4 is 14.4 Å². The molecule has 0 saturated carbocycles. The molecule has 4 rings (SSSR count). The number of carbonyl (C=O) groups is 1. The van der Waals surface area contributed by atoms with Crippen LogP contribution in [0.15, 0.2) is 36.5 Å². The standard InChI is InChI=1S/C26H35N3O6/c1-16-5-8-24(27-10-16)28-11-19(12-28)35-23-9-18(6-7-22(23)34-4)20-13-29(25(33)21(32)14-30)15-26(20,3)17(2)31/h5-10,17,19-21,30-32H,11-15H2,1-4H3/t17-,20+,21+,26?/m1/s1. The molecule has 3 heterocycles. The molecule has 190 valence electrons. The first kappa shape index (κ1) is 25.2. The first-order chi connectivity index (χ1) is 16.7. The lowest BCUT2D eigenvalue weighted by molar-refractivity contribution is -0.141. The summed E-state index contributed by atoms with van der Waals surface area (Å²) in [7, 11) is 1.59. The van der Waals surface area contributed by atoms with Gasteiger partial charge in [0.05, 0.1) is 32.9 Å². The lowest BCUT2D eigenvalue weighted by Crippen LogP contribution is -2.54. The SMILES string of the molecule is COc1ccc([C@@H]2CN(C(=O)[C@@H](O)CO)CC2(C)[C@@H](C)O)cc1OC1CN(c2ccc(C)cn2)C1. The number of hydrogen-bond acceptors (Lipinski definition) is 8. The Morgan fingerprint density at radius 2 is 1.94 bits per heavy atom. The number of amides is 1. The summed E-state index contributed by atoms with van der Waals surface area (Å²) in [5.74, 6) is 1.41. The van der Waals surface area contributed by atoms with Gasteiger partial charge in [-0.25, -0.2) is 4.98 Å². The third-order valence-electron chi connectivity index (χ3n) is 7.41. The van der Waals surface area contributed by atoms with Gasteiger partial charge < -0.3 is 34.6 Å². The van der Waals surface area contributed by atoms with Crippen LogP contribution in [-0.4, -0.2) is 89.3 Å². The van der Waals surface area contributed by atoms with Crippen LogP contribution in [0.1, 0.15) is 30.9 Å². The molecular weight excluding hydrogens is 450 g/mol. The number of aromatic nitrogens is 1. The molecule has 0 radical (unpaired) electrons. The maximum Gasteiger partial charge on any atom is 0.253 e. The van der Waals surface area contributed by atoms with E-state index in [1.54, 1.807) is 14.0 Å². The second-order valence-electron chi connectivity index (χ2n) is 9.90. The molecule has 2 aliphatic rings. The van der Waals surface area contributed by atoms with E-state index in [0.29, 0.717) is 31.1 Å². The van der Waals surface area contributed by atoms with Crippen molar-refractivity contribution in [1.82, 2.24) is 9.88 Å². The Morgan fingerprint density at radius 3 is 2.54 bits per heavy atom. The third-order valence-corrected chi connectivity index (χ3v) is 7.41. The molecule has 35 heavy (non-hydrogen) atoms. The summed E-state index contributed by atoms with van der Waals surface area (Å²) in [6.07, 6.45) is -0.340. The number of likely N-dealkylation sites (tertiary alicyclic amines) is 1. The molecular formula is C26H35N3O6. The van der Waals surface area contributed by atoms with E-state index in [0.717, 1.165) is 16.9 Å². The first-order valence-electron chi connectivity index (χ1n) is 11.9. The number of rotatable bonds is 8. The maximum absolute atomic E-state index is 12.6. The summed E-state index contributed by atoms with van der Waals surface area (Å²) in [5.41, 5.74) is 1.39.